The van der Waals surface area contributed by atoms with Gasteiger partial charge < -0.3 is 5.11 Å². The monoisotopic (exact) mass is 223 g/mol. The number of benzene rings is 1. The van der Waals surface area contributed by atoms with E-state index in [-0.39, 0.29) is 18.0 Å². The summed E-state index contributed by atoms with van der Waals surface area (Å²) in [6, 6.07) is 7.02. The van der Waals surface area contributed by atoms with E-state index in [0.29, 0.717) is 0 Å². The molecule has 1 atom stereocenters. The molecule has 1 heterocycles. The van der Waals surface area contributed by atoms with E-state index >= 15 is 0 Å². The molecule has 88 valence electrons. The summed E-state index contributed by atoms with van der Waals surface area (Å²) in [4.78, 5) is 2.23. The lowest BCUT2D eigenvalue weighted by atomic mass is 10.0. The van der Waals surface area contributed by atoms with Crippen LogP contribution in [0.15, 0.2) is 24.3 Å². The van der Waals surface area contributed by atoms with Crippen molar-refractivity contribution in [2.24, 2.45) is 0 Å². The lowest BCUT2D eigenvalue weighted by Gasteiger charge is -2.34. The highest BCUT2D eigenvalue weighted by Crippen LogP contribution is 2.25. The number of aliphatic hydroxyl groups is 1. The van der Waals surface area contributed by atoms with E-state index in [1.54, 1.807) is 6.07 Å². The van der Waals surface area contributed by atoms with E-state index in [1.807, 2.05) is 19.1 Å². The molecule has 2 rings (SSSR count). The molecule has 1 aromatic carbocycles. The summed E-state index contributed by atoms with van der Waals surface area (Å²) in [5, 5.41) is 9.43. The first-order chi connectivity index (χ1) is 7.68. The fraction of sp³-hybridized carbons (Fsp3) is 0.538. The lowest BCUT2D eigenvalue weighted by Crippen LogP contribution is -2.37. The molecule has 0 radical (unpaired) electrons. The predicted molar refractivity (Wildman–Crippen MR) is 61.6 cm³/mol. The van der Waals surface area contributed by atoms with Crippen LogP contribution in [0.25, 0.3) is 0 Å². The van der Waals surface area contributed by atoms with Crippen LogP contribution in [0, 0.1) is 5.82 Å². The number of piperidine rings is 1. The standard InChI is InChI=1S/C13H18FNO/c1-10(12-4-2-3-5-13(12)14)15-8-6-11(16)7-9-15/h2-5,10-11,16H,6-9H2,1H3/t10-/m1/s1. The van der Waals surface area contributed by atoms with Crippen LogP contribution in [0.1, 0.15) is 31.4 Å². The second kappa shape index (κ2) is 4.93. The fourth-order valence-electron chi connectivity index (χ4n) is 2.28. The molecule has 0 unspecified atom stereocenters. The quantitative estimate of drug-likeness (QED) is 0.832. The second-order valence-electron chi connectivity index (χ2n) is 4.46. The highest BCUT2D eigenvalue weighted by molar-refractivity contribution is 5.20. The second-order valence-corrected chi connectivity index (χ2v) is 4.46. The molecule has 2 nitrogen and oxygen atoms in total. The van der Waals surface area contributed by atoms with Crippen LogP contribution in [0.4, 0.5) is 4.39 Å². The van der Waals surface area contributed by atoms with Crippen LogP contribution in [0.3, 0.4) is 0 Å². The van der Waals surface area contributed by atoms with Gasteiger partial charge in [-0.2, -0.15) is 0 Å². The summed E-state index contributed by atoms with van der Waals surface area (Å²) < 4.78 is 13.6. The zero-order valence-corrected chi connectivity index (χ0v) is 9.56. The number of likely N-dealkylation sites (tertiary alicyclic amines) is 1. The number of aliphatic hydroxyl groups excluding tert-OH is 1. The number of nitrogens with zero attached hydrogens (tertiary/aromatic N) is 1. The summed E-state index contributed by atoms with van der Waals surface area (Å²) >= 11 is 0. The van der Waals surface area contributed by atoms with Crippen molar-refractivity contribution in [1.82, 2.24) is 4.90 Å². The van der Waals surface area contributed by atoms with Gasteiger partial charge in [0.1, 0.15) is 5.82 Å². The zero-order chi connectivity index (χ0) is 11.5. The van der Waals surface area contributed by atoms with Gasteiger partial charge >= 0.3 is 0 Å². The lowest BCUT2D eigenvalue weighted by molar-refractivity contribution is 0.0637. The molecule has 0 amide bonds. The number of hydrogen-bond acceptors (Lipinski definition) is 2. The number of rotatable bonds is 2. The van der Waals surface area contributed by atoms with Gasteiger partial charge in [0.25, 0.3) is 0 Å². The molecule has 0 saturated carbocycles. The maximum absolute atomic E-state index is 13.6. The van der Waals surface area contributed by atoms with E-state index in [9.17, 15) is 9.50 Å². The average Bonchev–Trinajstić information content (AvgIpc) is 2.30. The first-order valence-corrected chi connectivity index (χ1v) is 5.85. The molecule has 0 spiro atoms. The number of hydrogen-bond donors (Lipinski definition) is 1. The largest absolute Gasteiger partial charge is 0.393 e. The van der Waals surface area contributed by atoms with Crippen molar-refractivity contribution in [3.63, 3.8) is 0 Å². The smallest absolute Gasteiger partial charge is 0.127 e. The fourth-order valence-corrected chi connectivity index (χ4v) is 2.28. The molecule has 1 aliphatic rings. The van der Waals surface area contributed by atoms with Crippen molar-refractivity contribution < 1.29 is 9.50 Å². The van der Waals surface area contributed by atoms with Crippen LogP contribution in [0.5, 0.6) is 0 Å². The van der Waals surface area contributed by atoms with Crippen molar-refractivity contribution in [3.05, 3.63) is 35.6 Å². The van der Waals surface area contributed by atoms with Gasteiger partial charge in [0.05, 0.1) is 6.10 Å². The zero-order valence-electron chi connectivity index (χ0n) is 9.56. The van der Waals surface area contributed by atoms with Gasteiger partial charge in [-0.25, -0.2) is 4.39 Å². The maximum atomic E-state index is 13.6. The molecule has 3 heteroatoms. The molecule has 0 aliphatic carbocycles. The van der Waals surface area contributed by atoms with Crippen molar-refractivity contribution >= 4 is 0 Å². The molecule has 0 aromatic heterocycles. The van der Waals surface area contributed by atoms with Gasteiger partial charge in [-0.15, -0.1) is 0 Å². The molecule has 1 N–H and O–H groups in total. The molecule has 1 aromatic rings. The van der Waals surface area contributed by atoms with Crippen molar-refractivity contribution in [3.8, 4) is 0 Å². The molecule has 1 aliphatic heterocycles. The van der Waals surface area contributed by atoms with Crippen molar-refractivity contribution in [2.75, 3.05) is 13.1 Å². The molecule has 1 fully saturated rings. The molecule has 16 heavy (non-hydrogen) atoms. The van der Waals surface area contributed by atoms with E-state index in [2.05, 4.69) is 4.90 Å². The third-order valence-corrected chi connectivity index (χ3v) is 3.40. The topological polar surface area (TPSA) is 23.5 Å². The Morgan fingerprint density at radius 3 is 2.56 bits per heavy atom. The maximum Gasteiger partial charge on any atom is 0.127 e. The van der Waals surface area contributed by atoms with Gasteiger partial charge in [0.15, 0.2) is 0 Å². The highest BCUT2D eigenvalue weighted by atomic mass is 19.1. The van der Waals surface area contributed by atoms with Gasteiger partial charge in [0.2, 0.25) is 0 Å². The van der Waals surface area contributed by atoms with Crippen LogP contribution in [0.2, 0.25) is 0 Å². The third kappa shape index (κ3) is 2.42. The third-order valence-electron chi connectivity index (χ3n) is 3.40. The van der Waals surface area contributed by atoms with Crippen LogP contribution < -0.4 is 0 Å². The van der Waals surface area contributed by atoms with Crippen LogP contribution in [-0.2, 0) is 0 Å². The van der Waals surface area contributed by atoms with Gasteiger partial charge in [-0.05, 0) is 25.8 Å². The van der Waals surface area contributed by atoms with Crippen LogP contribution >= 0.6 is 0 Å². The Bertz CT molecular complexity index is 348. The summed E-state index contributed by atoms with van der Waals surface area (Å²) in [6.07, 6.45) is 1.40. The van der Waals surface area contributed by atoms with E-state index < -0.39 is 0 Å². The molecular weight excluding hydrogens is 205 g/mol. The Balaban J connectivity index is 2.07. The Morgan fingerprint density at radius 2 is 1.94 bits per heavy atom. The Kier molecular flexibility index (Phi) is 3.56. The normalized spacial score (nSPS) is 20.9. The molecule has 0 bridgehead atoms. The van der Waals surface area contributed by atoms with Crippen molar-refractivity contribution in [2.45, 2.75) is 31.9 Å². The minimum absolute atomic E-state index is 0.0914. The molecular formula is C13H18FNO. The van der Waals surface area contributed by atoms with E-state index in [0.717, 1.165) is 31.5 Å². The summed E-state index contributed by atoms with van der Waals surface area (Å²) in [5.41, 5.74) is 0.749. The minimum Gasteiger partial charge on any atom is -0.393 e. The summed E-state index contributed by atoms with van der Waals surface area (Å²) in [7, 11) is 0. The van der Waals surface area contributed by atoms with E-state index in [4.69, 9.17) is 0 Å². The SMILES string of the molecule is C[C@H](c1ccccc1F)N1CCC(O)CC1. The Labute approximate surface area is 95.7 Å². The van der Waals surface area contributed by atoms with Gasteiger partial charge in [0, 0.05) is 24.7 Å². The first kappa shape index (κ1) is 11.6. The van der Waals surface area contributed by atoms with Crippen molar-refractivity contribution in [1.29, 1.82) is 0 Å². The highest BCUT2D eigenvalue weighted by Gasteiger charge is 2.23. The number of halogens is 1. The Hall–Kier alpha value is -0.930. The minimum atomic E-state index is -0.177. The Morgan fingerprint density at radius 1 is 1.31 bits per heavy atom. The first-order valence-electron chi connectivity index (χ1n) is 5.85. The average molecular weight is 223 g/mol. The van der Waals surface area contributed by atoms with Gasteiger partial charge in [-0.1, -0.05) is 18.2 Å². The van der Waals surface area contributed by atoms with Crippen LogP contribution in [-0.4, -0.2) is 29.2 Å². The predicted octanol–water partition coefficient (Wildman–Crippen LogP) is 2.34. The van der Waals surface area contributed by atoms with E-state index in [1.165, 1.54) is 6.07 Å². The van der Waals surface area contributed by atoms with Gasteiger partial charge in [-0.3, -0.25) is 4.90 Å². The molecule has 1 saturated heterocycles. The summed E-state index contributed by atoms with van der Waals surface area (Å²) in [5.74, 6) is -0.138. The summed E-state index contributed by atoms with van der Waals surface area (Å²) in [6.45, 7) is 3.71.